The maximum Gasteiger partial charge on any atom is 0.303 e. The number of ketones is 1. The second kappa shape index (κ2) is 9.08. The van der Waals surface area contributed by atoms with Crippen LogP contribution in [0, 0.1) is 35.5 Å². The van der Waals surface area contributed by atoms with Crippen molar-refractivity contribution in [3.8, 4) is 0 Å². The van der Waals surface area contributed by atoms with Gasteiger partial charge in [0.25, 0.3) is 5.97 Å². The Kier molecular flexibility index (Phi) is 6.34. The van der Waals surface area contributed by atoms with Crippen LogP contribution in [0.15, 0.2) is 12.2 Å². The van der Waals surface area contributed by atoms with Crippen LogP contribution in [-0.4, -0.2) is 86.5 Å². The molecule has 7 fully saturated rings. The van der Waals surface area contributed by atoms with E-state index in [1.54, 1.807) is 0 Å². The Morgan fingerprint density at radius 1 is 1.05 bits per heavy atom. The Balaban J connectivity index is 1.55. The van der Waals surface area contributed by atoms with Crippen LogP contribution in [0.2, 0.25) is 0 Å². The lowest BCUT2D eigenvalue weighted by Crippen LogP contribution is -2.77. The first-order chi connectivity index (χ1) is 19.8. The van der Waals surface area contributed by atoms with Crippen molar-refractivity contribution < 1.29 is 48.6 Å². The average molecular weight is 591 g/mol. The van der Waals surface area contributed by atoms with Crippen molar-refractivity contribution in [2.24, 2.45) is 35.5 Å². The normalized spacial score (nSPS) is 57.8. The van der Waals surface area contributed by atoms with Crippen molar-refractivity contribution in [2.45, 2.75) is 132 Å². The molecule has 0 aromatic heterocycles. The zero-order valence-electron chi connectivity index (χ0n) is 25.3. The van der Waals surface area contributed by atoms with Crippen molar-refractivity contribution in [1.82, 2.24) is 0 Å². The van der Waals surface area contributed by atoms with Crippen LogP contribution >= 0.6 is 0 Å². The van der Waals surface area contributed by atoms with Gasteiger partial charge in [-0.05, 0) is 30.8 Å². The number of carbonyl (C=O) groups excluding carboxylic acids is 2. The highest BCUT2D eigenvalue weighted by Crippen LogP contribution is 2.75. The largest absolute Gasteiger partial charge is 0.459 e. The molecule has 10 nitrogen and oxygen atoms in total. The first-order valence-electron chi connectivity index (χ1n) is 15.9. The van der Waals surface area contributed by atoms with E-state index in [1.807, 2.05) is 20.8 Å². The number of esters is 1. The molecule has 4 aliphatic heterocycles. The molecule has 0 radical (unpaired) electrons. The van der Waals surface area contributed by atoms with Crippen LogP contribution in [-0.2, 0) is 33.3 Å². The molecule has 4 heterocycles. The molecule has 2 spiro atoms. The lowest BCUT2D eigenvalue weighted by atomic mass is 9.50. The maximum absolute atomic E-state index is 14.3. The standard InChI is InChI=1S/C32H46O10/c1-15(2)31-24(38-19(6)34)18(5)32-21-25-28(14-33,39-25)27(36)30(37)22(32)20(17(4)23(30)35)16(3)12-10-8-7-9-11-13-29(41-31,42-32)40-26(21)31/h16-18,20-22,24-27,33,36-37H,1,7-14H2,2-6H3/t16-,17-,18+,20-,21-,22+,24+,25-,26+,27+,28-,29?,30+,31-,32+/m0/s1. The number of aliphatic hydroxyl groups excluding tert-OH is 2. The topological polar surface area (TPSA) is 144 Å². The fourth-order valence-corrected chi connectivity index (χ4v) is 10.8. The molecule has 7 aliphatic rings. The van der Waals surface area contributed by atoms with Crippen LogP contribution < -0.4 is 0 Å². The smallest absolute Gasteiger partial charge is 0.303 e. The molecular formula is C32H46O10. The predicted octanol–water partition coefficient (Wildman–Crippen LogP) is 2.40. The summed E-state index contributed by atoms with van der Waals surface area (Å²) in [5, 5.41) is 35.6. The van der Waals surface area contributed by atoms with Gasteiger partial charge in [0, 0.05) is 37.0 Å². The molecule has 1 unspecified atom stereocenters. The van der Waals surface area contributed by atoms with Gasteiger partial charge in [-0.3, -0.25) is 9.59 Å². The van der Waals surface area contributed by atoms with Crippen LogP contribution in [0.25, 0.3) is 0 Å². The van der Waals surface area contributed by atoms with Crippen molar-refractivity contribution in [3.63, 3.8) is 0 Å². The Morgan fingerprint density at radius 3 is 2.40 bits per heavy atom. The van der Waals surface area contributed by atoms with E-state index in [4.69, 9.17) is 23.7 Å². The van der Waals surface area contributed by atoms with Crippen molar-refractivity contribution >= 4 is 11.8 Å². The van der Waals surface area contributed by atoms with E-state index in [0.29, 0.717) is 12.0 Å². The number of rotatable bonds is 3. The summed E-state index contributed by atoms with van der Waals surface area (Å²) in [6, 6.07) is 0. The van der Waals surface area contributed by atoms with Gasteiger partial charge in [-0.25, -0.2) is 0 Å². The Labute approximate surface area is 247 Å². The van der Waals surface area contributed by atoms with E-state index in [2.05, 4.69) is 13.5 Å². The highest BCUT2D eigenvalue weighted by molar-refractivity contribution is 5.93. The fourth-order valence-electron chi connectivity index (χ4n) is 10.8. The third-order valence-corrected chi connectivity index (χ3v) is 12.5. The first kappa shape index (κ1) is 29.3. The van der Waals surface area contributed by atoms with Gasteiger partial charge in [0.05, 0.1) is 12.2 Å². The second-order valence-electron chi connectivity index (χ2n) is 14.6. The monoisotopic (exact) mass is 590 g/mol. The molecule has 3 N–H and O–H groups in total. The summed E-state index contributed by atoms with van der Waals surface area (Å²) in [7, 11) is 0. The van der Waals surface area contributed by atoms with E-state index < -0.39 is 94.8 Å². The summed E-state index contributed by atoms with van der Waals surface area (Å²) in [5.41, 5.74) is -5.92. The van der Waals surface area contributed by atoms with Gasteiger partial charge < -0.3 is 39.0 Å². The summed E-state index contributed by atoms with van der Waals surface area (Å²) in [6.07, 6.45) is 1.87. The second-order valence-corrected chi connectivity index (χ2v) is 14.6. The van der Waals surface area contributed by atoms with Crippen LogP contribution in [0.5, 0.6) is 0 Å². The molecule has 15 atom stereocenters. The maximum atomic E-state index is 14.3. The Hall–Kier alpha value is -1.40. The van der Waals surface area contributed by atoms with E-state index in [9.17, 15) is 24.9 Å². The van der Waals surface area contributed by atoms with Gasteiger partial charge in [-0.1, -0.05) is 59.5 Å². The van der Waals surface area contributed by atoms with Crippen molar-refractivity contribution in [1.29, 1.82) is 0 Å². The van der Waals surface area contributed by atoms with Gasteiger partial charge in [0.2, 0.25) is 0 Å². The SMILES string of the molecule is C=C(C)[C@@]12OC34CCCCCCC[C@H](C)[C@H]5[C@H](C)C(=O)[C@@]6(O)[C@H](O)[C@@]7(CO)O[C@H]7[C@@H]([C@H]1O3)[C@](O4)([C@H](C)[C@H]2OC(C)=O)[C@H]56. The van der Waals surface area contributed by atoms with Crippen molar-refractivity contribution in [3.05, 3.63) is 12.2 Å². The van der Waals surface area contributed by atoms with E-state index >= 15 is 0 Å². The minimum atomic E-state index is -2.28. The third kappa shape index (κ3) is 3.20. The highest BCUT2D eigenvalue weighted by atomic mass is 16.9. The van der Waals surface area contributed by atoms with Gasteiger partial charge in [-0.15, -0.1) is 0 Å². The number of aliphatic hydroxyl groups is 3. The number of hydrogen-bond donors (Lipinski definition) is 3. The lowest BCUT2D eigenvalue weighted by Gasteiger charge is -2.62. The molecule has 0 aromatic carbocycles. The summed E-state index contributed by atoms with van der Waals surface area (Å²) in [6.45, 7) is 12.8. The molecule has 3 saturated carbocycles. The average Bonchev–Trinajstić information content (AvgIpc) is 3.57. The molecule has 0 aromatic rings. The molecule has 0 amide bonds. The van der Waals surface area contributed by atoms with Gasteiger partial charge in [0.15, 0.2) is 17.0 Å². The number of ether oxygens (including phenoxy) is 5. The van der Waals surface area contributed by atoms with Crippen LogP contribution in [0.4, 0.5) is 0 Å². The predicted molar refractivity (Wildman–Crippen MR) is 147 cm³/mol. The molecular weight excluding hydrogens is 544 g/mol. The number of carbonyl (C=O) groups is 2. The summed E-state index contributed by atoms with van der Waals surface area (Å²) in [4.78, 5) is 27.0. The number of hydrogen-bond acceptors (Lipinski definition) is 10. The van der Waals surface area contributed by atoms with Gasteiger partial charge >= 0.3 is 5.97 Å². The number of Topliss-reactive ketones (excluding diaryl/α,β-unsaturated/α-hetero) is 1. The lowest BCUT2D eigenvalue weighted by molar-refractivity contribution is -0.437. The first-order valence-corrected chi connectivity index (χ1v) is 15.9. The Morgan fingerprint density at radius 2 is 1.74 bits per heavy atom. The number of fused-ring (bicyclic) bond motifs is 1. The molecule has 4 saturated heterocycles. The van der Waals surface area contributed by atoms with E-state index in [-0.39, 0.29) is 11.8 Å². The molecule has 7 rings (SSSR count). The molecule has 3 bridgehead atoms. The zero-order valence-corrected chi connectivity index (χ0v) is 25.3. The molecule has 10 heteroatoms. The molecule has 42 heavy (non-hydrogen) atoms. The zero-order chi connectivity index (χ0) is 30.2. The quantitative estimate of drug-likeness (QED) is 0.255. The summed E-state index contributed by atoms with van der Waals surface area (Å²) in [5.74, 6) is -5.62. The molecule has 3 aliphatic carbocycles. The minimum Gasteiger partial charge on any atom is -0.459 e. The van der Waals surface area contributed by atoms with Crippen LogP contribution in [0.3, 0.4) is 0 Å². The van der Waals surface area contributed by atoms with E-state index in [0.717, 1.165) is 38.5 Å². The van der Waals surface area contributed by atoms with Crippen molar-refractivity contribution in [2.75, 3.05) is 6.61 Å². The highest BCUT2D eigenvalue weighted by Gasteiger charge is 2.91. The summed E-state index contributed by atoms with van der Waals surface area (Å²) >= 11 is 0. The van der Waals surface area contributed by atoms with Crippen LogP contribution in [0.1, 0.15) is 79.6 Å². The number of epoxide rings is 1. The van der Waals surface area contributed by atoms with Gasteiger partial charge in [0.1, 0.15) is 30.0 Å². The Bertz CT molecular complexity index is 1210. The van der Waals surface area contributed by atoms with E-state index in [1.165, 1.54) is 6.92 Å². The fraction of sp³-hybridized carbons (Fsp3) is 0.875. The van der Waals surface area contributed by atoms with Gasteiger partial charge in [-0.2, -0.15) is 0 Å². The minimum absolute atomic E-state index is 0.0135. The molecule has 234 valence electrons. The third-order valence-electron chi connectivity index (χ3n) is 12.5. The summed E-state index contributed by atoms with van der Waals surface area (Å²) < 4.78 is 33.4.